The van der Waals surface area contributed by atoms with Gasteiger partial charge in [0.2, 0.25) is 5.95 Å². The van der Waals surface area contributed by atoms with E-state index in [-0.39, 0.29) is 12.2 Å². The Balaban J connectivity index is 2.58. The maximum Gasteiger partial charge on any atom is 0.218 e. The molecule has 0 aliphatic heterocycles. The van der Waals surface area contributed by atoms with Crippen LogP contribution in [0.5, 0.6) is 0 Å². The van der Waals surface area contributed by atoms with Gasteiger partial charge in [-0.3, -0.25) is 0 Å². The molecular weight excluding hydrogens is 193 g/mol. The zero-order valence-electron chi connectivity index (χ0n) is 8.02. The van der Waals surface area contributed by atoms with Crippen LogP contribution in [0.4, 0.5) is 4.39 Å². The first-order valence-corrected chi connectivity index (χ1v) is 4.62. The summed E-state index contributed by atoms with van der Waals surface area (Å²) in [5, 5.41) is 9.08. The van der Waals surface area contributed by atoms with Crippen molar-refractivity contribution in [2.45, 2.75) is 6.61 Å². The number of halogens is 1. The van der Waals surface area contributed by atoms with E-state index in [9.17, 15) is 4.39 Å². The molecular formula is C12H10FNO. The Labute approximate surface area is 87.0 Å². The first-order valence-electron chi connectivity index (χ1n) is 4.62. The number of pyridine rings is 1. The van der Waals surface area contributed by atoms with Crippen molar-refractivity contribution in [2.24, 2.45) is 0 Å². The van der Waals surface area contributed by atoms with Crippen LogP contribution in [0.1, 0.15) is 5.56 Å². The summed E-state index contributed by atoms with van der Waals surface area (Å²) in [7, 11) is 0. The van der Waals surface area contributed by atoms with E-state index < -0.39 is 5.95 Å². The van der Waals surface area contributed by atoms with Gasteiger partial charge in [-0.25, -0.2) is 4.98 Å². The van der Waals surface area contributed by atoms with Gasteiger partial charge in [-0.2, -0.15) is 4.39 Å². The minimum Gasteiger partial charge on any atom is -0.391 e. The molecule has 1 N–H and O–H groups in total. The largest absolute Gasteiger partial charge is 0.391 e. The molecule has 1 aromatic carbocycles. The van der Waals surface area contributed by atoms with Crippen LogP contribution in [0.3, 0.4) is 0 Å². The van der Waals surface area contributed by atoms with Crippen molar-refractivity contribution < 1.29 is 9.50 Å². The van der Waals surface area contributed by atoms with E-state index in [0.29, 0.717) is 5.56 Å². The number of aliphatic hydroxyl groups is 1. The summed E-state index contributed by atoms with van der Waals surface area (Å²) >= 11 is 0. The van der Waals surface area contributed by atoms with Crippen LogP contribution in [0, 0.1) is 5.95 Å². The van der Waals surface area contributed by atoms with Gasteiger partial charge in [0.05, 0.1) is 6.61 Å². The Morgan fingerprint density at radius 2 is 1.87 bits per heavy atom. The summed E-state index contributed by atoms with van der Waals surface area (Å²) in [5.74, 6) is -0.612. The Kier molecular flexibility index (Phi) is 2.74. The number of nitrogens with zero attached hydrogens (tertiary/aromatic N) is 1. The van der Waals surface area contributed by atoms with Crippen LogP contribution in [0.25, 0.3) is 11.1 Å². The fourth-order valence-corrected chi connectivity index (χ4v) is 1.51. The predicted molar refractivity (Wildman–Crippen MR) is 55.6 cm³/mol. The third-order valence-electron chi connectivity index (χ3n) is 2.25. The van der Waals surface area contributed by atoms with Gasteiger partial charge in [-0.05, 0) is 17.2 Å². The molecule has 2 rings (SSSR count). The van der Waals surface area contributed by atoms with E-state index in [0.717, 1.165) is 5.56 Å². The summed E-state index contributed by atoms with van der Waals surface area (Å²) < 4.78 is 13.3. The molecule has 0 aliphatic carbocycles. The molecule has 0 aliphatic rings. The highest BCUT2D eigenvalue weighted by Crippen LogP contribution is 2.24. The number of hydrogen-bond donors (Lipinski definition) is 1. The van der Waals surface area contributed by atoms with Gasteiger partial charge >= 0.3 is 0 Å². The summed E-state index contributed by atoms with van der Waals surface area (Å²) in [5.41, 5.74) is 1.80. The van der Waals surface area contributed by atoms with Crippen LogP contribution >= 0.6 is 0 Å². The molecule has 0 fully saturated rings. The van der Waals surface area contributed by atoms with Crippen LogP contribution in [-0.2, 0) is 6.61 Å². The molecule has 0 spiro atoms. The van der Waals surface area contributed by atoms with Crippen molar-refractivity contribution in [1.82, 2.24) is 4.98 Å². The summed E-state index contributed by atoms with van der Waals surface area (Å²) in [6, 6.07) is 11.1. The lowest BCUT2D eigenvalue weighted by atomic mass is 10.0. The molecule has 2 aromatic rings. The fraction of sp³-hybridized carbons (Fsp3) is 0.0833. The quantitative estimate of drug-likeness (QED) is 0.760. The number of aromatic nitrogens is 1. The average Bonchev–Trinajstić information content (AvgIpc) is 2.30. The van der Waals surface area contributed by atoms with Crippen LogP contribution < -0.4 is 0 Å². The minimum absolute atomic E-state index is 0.240. The summed E-state index contributed by atoms with van der Waals surface area (Å²) in [4.78, 5) is 3.51. The lowest BCUT2D eigenvalue weighted by Gasteiger charge is -2.07. The first-order chi connectivity index (χ1) is 7.33. The van der Waals surface area contributed by atoms with Crippen LogP contribution in [-0.4, -0.2) is 10.1 Å². The van der Waals surface area contributed by atoms with Crippen LogP contribution in [0.15, 0.2) is 42.6 Å². The molecule has 2 nitrogen and oxygen atoms in total. The smallest absolute Gasteiger partial charge is 0.218 e. The van der Waals surface area contributed by atoms with Gasteiger partial charge in [0, 0.05) is 11.8 Å². The average molecular weight is 203 g/mol. The van der Waals surface area contributed by atoms with Crippen molar-refractivity contribution in [3.05, 3.63) is 54.1 Å². The molecule has 0 amide bonds. The molecule has 0 unspecified atom stereocenters. The van der Waals surface area contributed by atoms with E-state index in [1.54, 1.807) is 6.07 Å². The Bertz CT molecular complexity index is 456. The first kappa shape index (κ1) is 9.80. The highest BCUT2D eigenvalue weighted by Gasteiger charge is 2.09. The third-order valence-corrected chi connectivity index (χ3v) is 2.25. The zero-order chi connectivity index (χ0) is 10.7. The molecule has 0 saturated heterocycles. The highest BCUT2D eigenvalue weighted by molar-refractivity contribution is 5.66. The van der Waals surface area contributed by atoms with Gasteiger partial charge in [0.1, 0.15) is 0 Å². The van der Waals surface area contributed by atoms with Gasteiger partial charge < -0.3 is 5.11 Å². The van der Waals surface area contributed by atoms with Gasteiger partial charge in [0.15, 0.2) is 0 Å². The predicted octanol–water partition coefficient (Wildman–Crippen LogP) is 2.38. The number of benzene rings is 1. The topological polar surface area (TPSA) is 33.1 Å². The van der Waals surface area contributed by atoms with Gasteiger partial charge in [0.25, 0.3) is 0 Å². The maximum atomic E-state index is 13.3. The van der Waals surface area contributed by atoms with E-state index in [1.165, 1.54) is 6.20 Å². The van der Waals surface area contributed by atoms with Crippen molar-refractivity contribution in [2.75, 3.05) is 0 Å². The number of hydrogen-bond acceptors (Lipinski definition) is 2. The number of rotatable bonds is 2. The lowest BCUT2D eigenvalue weighted by Crippen LogP contribution is -1.96. The molecule has 15 heavy (non-hydrogen) atoms. The van der Waals surface area contributed by atoms with Gasteiger partial charge in [-0.15, -0.1) is 0 Å². The van der Waals surface area contributed by atoms with Crippen molar-refractivity contribution in [3.63, 3.8) is 0 Å². The molecule has 1 heterocycles. The zero-order valence-corrected chi connectivity index (χ0v) is 8.02. The number of aliphatic hydroxyl groups excluding tert-OH is 1. The molecule has 0 saturated carbocycles. The monoisotopic (exact) mass is 203 g/mol. The van der Waals surface area contributed by atoms with E-state index in [1.807, 2.05) is 30.3 Å². The fourth-order valence-electron chi connectivity index (χ4n) is 1.51. The van der Waals surface area contributed by atoms with Crippen LogP contribution in [0.2, 0.25) is 0 Å². The standard InChI is InChI=1S/C12H10FNO/c13-12-11(8-15)10(6-7-14-12)9-4-2-1-3-5-9/h1-7,15H,8H2. The second-order valence-electron chi connectivity index (χ2n) is 3.15. The van der Waals surface area contributed by atoms with Gasteiger partial charge in [-0.1, -0.05) is 30.3 Å². The summed E-state index contributed by atoms with van der Waals surface area (Å²) in [6.45, 7) is -0.343. The van der Waals surface area contributed by atoms with E-state index >= 15 is 0 Å². The second kappa shape index (κ2) is 4.19. The van der Waals surface area contributed by atoms with Crippen molar-refractivity contribution in [1.29, 1.82) is 0 Å². The molecule has 0 bridgehead atoms. The van der Waals surface area contributed by atoms with E-state index in [2.05, 4.69) is 4.98 Å². The van der Waals surface area contributed by atoms with Crippen molar-refractivity contribution in [3.8, 4) is 11.1 Å². The maximum absolute atomic E-state index is 13.3. The Hall–Kier alpha value is -1.74. The lowest BCUT2D eigenvalue weighted by molar-refractivity contribution is 0.274. The highest BCUT2D eigenvalue weighted by atomic mass is 19.1. The van der Waals surface area contributed by atoms with E-state index in [4.69, 9.17) is 5.11 Å². The molecule has 0 atom stereocenters. The third kappa shape index (κ3) is 1.87. The molecule has 0 radical (unpaired) electrons. The minimum atomic E-state index is -0.612. The second-order valence-corrected chi connectivity index (χ2v) is 3.15. The Morgan fingerprint density at radius 3 is 2.53 bits per heavy atom. The SMILES string of the molecule is OCc1c(-c2ccccc2)ccnc1F. The molecule has 1 aromatic heterocycles. The van der Waals surface area contributed by atoms with Crippen molar-refractivity contribution >= 4 is 0 Å². The molecule has 3 heteroatoms. The molecule has 76 valence electrons. The normalized spacial score (nSPS) is 10.3. The Morgan fingerprint density at radius 1 is 1.13 bits per heavy atom. The summed E-state index contributed by atoms with van der Waals surface area (Å²) in [6.07, 6.45) is 1.40.